The molecule has 0 aliphatic carbocycles. The zero-order valence-electron chi connectivity index (χ0n) is 15.1. The van der Waals surface area contributed by atoms with Gasteiger partial charge in [0.05, 0.1) is 25.9 Å². The van der Waals surface area contributed by atoms with Gasteiger partial charge in [-0.05, 0) is 30.8 Å². The highest BCUT2D eigenvalue weighted by Gasteiger charge is 2.17. The van der Waals surface area contributed by atoms with Gasteiger partial charge in [0.25, 0.3) is 0 Å². The molecule has 2 aromatic rings. The first-order chi connectivity index (χ1) is 12.9. The van der Waals surface area contributed by atoms with E-state index in [-0.39, 0.29) is 19.0 Å². The molecule has 0 bridgehead atoms. The van der Waals surface area contributed by atoms with Gasteiger partial charge in [-0.15, -0.1) is 0 Å². The smallest absolute Gasteiger partial charge is 0.238 e. The molecule has 0 aliphatic heterocycles. The van der Waals surface area contributed by atoms with Gasteiger partial charge in [0.2, 0.25) is 11.8 Å². The summed E-state index contributed by atoms with van der Waals surface area (Å²) in [4.78, 5) is 25.9. The van der Waals surface area contributed by atoms with Crippen LogP contribution in [0.3, 0.4) is 0 Å². The number of carbonyl (C=O) groups is 2. The minimum absolute atomic E-state index is 0.0677. The minimum atomic E-state index is -0.861. The summed E-state index contributed by atoms with van der Waals surface area (Å²) in [5, 5.41) is 4.91. The summed E-state index contributed by atoms with van der Waals surface area (Å²) < 4.78 is 32.4. The minimum Gasteiger partial charge on any atom is -0.495 e. The summed E-state index contributed by atoms with van der Waals surface area (Å²) in [6.07, 6.45) is 0. The van der Waals surface area contributed by atoms with Crippen LogP contribution in [0.15, 0.2) is 42.5 Å². The summed E-state index contributed by atoms with van der Waals surface area (Å²) in [6, 6.07) is 10.3. The van der Waals surface area contributed by atoms with Gasteiger partial charge in [-0.3, -0.25) is 14.5 Å². The van der Waals surface area contributed by atoms with E-state index in [9.17, 15) is 18.4 Å². The Kier molecular flexibility index (Phi) is 7.25. The van der Waals surface area contributed by atoms with Crippen molar-refractivity contribution in [2.45, 2.75) is 6.92 Å². The quantitative estimate of drug-likeness (QED) is 0.742. The van der Waals surface area contributed by atoms with E-state index in [1.807, 2.05) is 0 Å². The van der Waals surface area contributed by atoms with Crippen LogP contribution in [-0.2, 0) is 9.59 Å². The van der Waals surface area contributed by atoms with Crippen molar-refractivity contribution in [3.8, 4) is 5.75 Å². The molecule has 0 fully saturated rings. The Morgan fingerprint density at radius 2 is 1.56 bits per heavy atom. The molecule has 2 N–H and O–H groups in total. The Morgan fingerprint density at radius 1 is 0.963 bits per heavy atom. The molecule has 0 radical (unpaired) electrons. The number of benzene rings is 2. The van der Waals surface area contributed by atoms with E-state index in [4.69, 9.17) is 4.74 Å². The molecule has 6 nitrogen and oxygen atoms in total. The maximum atomic E-state index is 13.6. The fraction of sp³-hybridized carbons (Fsp3) is 0.263. The van der Waals surface area contributed by atoms with Crippen LogP contribution in [0.2, 0.25) is 0 Å². The number of likely N-dealkylation sites (N-methyl/N-ethyl adjacent to an activating group) is 1. The molecule has 0 spiro atoms. The van der Waals surface area contributed by atoms with E-state index in [1.165, 1.54) is 13.2 Å². The number of hydrogen-bond acceptors (Lipinski definition) is 4. The molecule has 0 saturated heterocycles. The molecule has 0 aromatic heterocycles. The number of halogens is 2. The van der Waals surface area contributed by atoms with Gasteiger partial charge in [-0.2, -0.15) is 0 Å². The Balaban J connectivity index is 1.94. The molecule has 2 rings (SSSR count). The Hall–Kier alpha value is -3.00. The average Bonchev–Trinajstić information content (AvgIpc) is 2.64. The van der Waals surface area contributed by atoms with Crippen molar-refractivity contribution >= 4 is 23.2 Å². The molecular weight excluding hydrogens is 356 g/mol. The highest BCUT2D eigenvalue weighted by Crippen LogP contribution is 2.23. The Bertz CT molecular complexity index is 794. The highest BCUT2D eigenvalue weighted by atomic mass is 19.1. The summed E-state index contributed by atoms with van der Waals surface area (Å²) >= 11 is 0. The maximum Gasteiger partial charge on any atom is 0.238 e. The van der Waals surface area contributed by atoms with Crippen LogP contribution >= 0.6 is 0 Å². The number of rotatable bonds is 8. The molecule has 144 valence electrons. The van der Waals surface area contributed by atoms with E-state index < -0.39 is 23.2 Å². The predicted octanol–water partition coefficient (Wildman–Crippen LogP) is 2.87. The average molecular weight is 377 g/mol. The van der Waals surface area contributed by atoms with Crippen LogP contribution in [0.4, 0.5) is 20.2 Å². The van der Waals surface area contributed by atoms with Crippen LogP contribution in [0.1, 0.15) is 6.92 Å². The van der Waals surface area contributed by atoms with Gasteiger partial charge in [-0.1, -0.05) is 25.1 Å². The number of hydrogen-bond donors (Lipinski definition) is 2. The topological polar surface area (TPSA) is 70.7 Å². The SMILES string of the molecule is CCN(CC(=O)Nc1ccccc1OC)CC(=O)Nc1c(F)cccc1F. The second-order valence-electron chi connectivity index (χ2n) is 5.70. The summed E-state index contributed by atoms with van der Waals surface area (Å²) in [6.45, 7) is 1.91. The standard InChI is InChI=1S/C19H21F2N3O3/c1-3-24(11-17(25)22-15-9-4-5-10-16(15)27-2)12-18(26)23-19-13(20)7-6-8-14(19)21/h4-10H,3,11-12H2,1-2H3,(H,22,25)(H,23,26). The number of para-hydroxylation sites is 3. The zero-order valence-corrected chi connectivity index (χ0v) is 15.1. The van der Waals surface area contributed by atoms with E-state index >= 15 is 0 Å². The van der Waals surface area contributed by atoms with Crippen LogP contribution in [0.25, 0.3) is 0 Å². The fourth-order valence-electron chi connectivity index (χ4n) is 2.42. The van der Waals surface area contributed by atoms with Crippen LogP contribution < -0.4 is 15.4 Å². The van der Waals surface area contributed by atoms with E-state index in [0.717, 1.165) is 12.1 Å². The second-order valence-corrected chi connectivity index (χ2v) is 5.70. The molecule has 2 aromatic carbocycles. The summed E-state index contributed by atoms with van der Waals surface area (Å²) in [5.74, 6) is -2.17. The number of anilines is 2. The van der Waals surface area contributed by atoms with Crippen molar-refractivity contribution in [2.75, 3.05) is 37.4 Å². The molecule has 0 aliphatic rings. The fourth-order valence-corrected chi connectivity index (χ4v) is 2.42. The number of carbonyl (C=O) groups excluding carboxylic acids is 2. The lowest BCUT2D eigenvalue weighted by Gasteiger charge is -2.20. The van der Waals surface area contributed by atoms with E-state index in [1.54, 1.807) is 36.1 Å². The van der Waals surface area contributed by atoms with Gasteiger partial charge in [-0.25, -0.2) is 8.78 Å². The number of amides is 2. The van der Waals surface area contributed by atoms with Crippen LogP contribution in [0.5, 0.6) is 5.75 Å². The van der Waals surface area contributed by atoms with Crippen LogP contribution in [0, 0.1) is 11.6 Å². The summed E-state index contributed by atoms with van der Waals surface area (Å²) in [5.41, 5.74) is 0.0101. The molecule has 0 atom stereocenters. The molecule has 0 unspecified atom stereocenters. The third kappa shape index (κ3) is 5.75. The number of methoxy groups -OCH3 is 1. The monoisotopic (exact) mass is 377 g/mol. The summed E-state index contributed by atoms with van der Waals surface area (Å²) in [7, 11) is 1.50. The van der Waals surface area contributed by atoms with Crippen molar-refractivity contribution in [1.82, 2.24) is 4.90 Å². The van der Waals surface area contributed by atoms with Gasteiger partial charge in [0.15, 0.2) is 0 Å². The second kappa shape index (κ2) is 9.63. The molecular formula is C19H21F2N3O3. The lowest BCUT2D eigenvalue weighted by molar-refractivity contribution is -0.120. The first kappa shape index (κ1) is 20.3. The van der Waals surface area contributed by atoms with Crippen molar-refractivity contribution in [2.24, 2.45) is 0 Å². The van der Waals surface area contributed by atoms with Crippen LogP contribution in [-0.4, -0.2) is 43.5 Å². The third-order valence-corrected chi connectivity index (χ3v) is 3.79. The predicted molar refractivity (Wildman–Crippen MR) is 98.7 cm³/mol. The van der Waals surface area contributed by atoms with Gasteiger partial charge in [0, 0.05) is 0 Å². The van der Waals surface area contributed by atoms with Gasteiger partial charge >= 0.3 is 0 Å². The van der Waals surface area contributed by atoms with E-state index in [0.29, 0.717) is 18.0 Å². The number of ether oxygens (including phenoxy) is 1. The first-order valence-corrected chi connectivity index (χ1v) is 8.33. The highest BCUT2D eigenvalue weighted by molar-refractivity contribution is 5.95. The molecule has 0 saturated carbocycles. The number of nitrogens with zero attached hydrogens (tertiary/aromatic N) is 1. The lowest BCUT2D eigenvalue weighted by Crippen LogP contribution is -2.38. The largest absolute Gasteiger partial charge is 0.495 e. The normalized spacial score (nSPS) is 10.6. The zero-order chi connectivity index (χ0) is 19.8. The first-order valence-electron chi connectivity index (χ1n) is 8.33. The van der Waals surface area contributed by atoms with Crippen molar-refractivity contribution < 1.29 is 23.1 Å². The maximum absolute atomic E-state index is 13.6. The molecule has 8 heteroatoms. The van der Waals surface area contributed by atoms with E-state index in [2.05, 4.69) is 10.6 Å². The Labute approximate surface area is 156 Å². The Morgan fingerprint density at radius 3 is 2.15 bits per heavy atom. The van der Waals surface area contributed by atoms with Gasteiger partial charge in [0.1, 0.15) is 23.1 Å². The molecule has 0 heterocycles. The van der Waals surface area contributed by atoms with Crippen molar-refractivity contribution in [1.29, 1.82) is 0 Å². The van der Waals surface area contributed by atoms with Crippen molar-refractivity contribution in [3.63, 3.8) is 0 Å². The third-order valence-electron chi connectivity index (χ3n) is 3.79. The molecule has 2 amide bonds. The van der Waals surface area contributed by atoms with Crippen molar-refractivity contribution in [3.05, 3.63) is 54.1 Å². The number of nitrogens with one attached hydrogen (secondary N) is 2. The van der Waals surface area contributed by atoms with Gasteiger partial charge < -0.3 is 15.4 Å². The molecule has 27 heavy (non-hydrogen) atoms. The lowest BCUT2D eigenvalue weighted by atomic mass is 10.3.